The van der Waals surface area contributed by atoms with Crippen LogP contribution < -0.4 is 5.73 Å². The first-order chi connectivity index (χ1) is 7.94. The summed E-state index contributed by atoms with van der Waals surface area (Å²) in [6, 6.07) is 0.0503. The Morgan fingerprint density at radius 1 is 1.41 bits per heavy atom. The fourth-order valence-corrected chi connectivity index (χ4v) is 3.58. The van der Waals surface area contributed by atoms with Gasteiger partial charge < -0.3 is 10.5 Å². The number of hydrogen-bond donors (Lipinski definition) is 1. The lowest BCUT2D eigenvalue weighted by molar-refractivity contribution is -0.146. The van der Waals surface area contributed by atoms with Crippen LogP contribution in [-0.4, -0.2) is 19.1 Å². The Labute approximate surface area is 105 Å². The second-order valence-electron chi connectivity index (χ2n) is 5.87. The minimum atomic E-state index is -0.116. The van der Waals surface area contributed by atoms with Gasteiger partial charge in [-0.3, -0.25) is 4.79 Å². The first kappa shape index (κ1) is 14.5. The molecule has 0 saturated heterocycles. The van der Waals surface area contributed by atoms with Gasteiger partial charge in [0.1, 0.15) is 0 Å². The van der Waals surface area contributed by atoms with Crippen LogP contribution in [0.4, 0.5) is 0 Å². The van der Waals surface area contributed by atoms with E-state index in [4.69, 9.17) is 10.5 Å². The zero-order valence-electron chi connectivity index (χ0n) is 11.7. The first-order valence-electron chi connectivity index (χ1n) is 6.76. The minimum absolute atomic E-state index is 0.0503. The predicted molar refractivity (Wildman–Crippen MR) is 69.5 cm³/mol. The van der Waals surface area contributed by atoms with Gasteiger partial charge >= 0.3 is 5.97 Å². The highest BCUT2D eigenvalue weighted by Crippen LogP contribution is 2.49. The largest absolute Gasteiger partial charge is 0.469 e. The molecule has 3 heteroatoms. The van der Waals surface area contributed by atoms with Crippen molar-refractivity contribution in [2.75, 3.05) is 7.11 Å². The topological polar surface area (TPSA) is 52.3 Å². The van der Waals surface area contributed by atoms with E-state index in [2.05, 4.69) is 13.8 Å². The van der Waals surface area contributed by atoms with Crippen molar-refractivity contribution in [3.8, 4) is 0 Å². The molecule has 1 aliphatic rings. The summed E-state index contributed by atoms with van der Waals surface area (Å²) in [6.45, 7) is 6.53. The van der Waals surface area contributed by atoms with Crippen molar-refractivity contribution in [3.05, 3.63) is 0 Å². The van der Waals surface area contributed by atoms with Crippen LogP contribution in [-0.2, 0) is 9.53 Å². The molecular formula is C14H27NO2. The van der Waals surface area contributed by atoms with E-state index in [1.165, 1.54) is 26.4 Å². The van der Waals surface area contributed by atoms with Crippen LogP contribution in [0.1, 0.15) is 52.9 Å². The number of nitrogens with two attached hydrogens (primary N) is 1. The maximum atomic E-state index is 11.7. The number of carbonyl (C=O) groups is 1. The quantitative estimate of drug-likeness (QED) is 0.770. The molecular weight excluding hydrogens is 214 g/mol. The summed E-state index contributed by atoms with van der Waals surface area (Å²) >= 11 is 0. The van der Waals surface area contributed by atoms with Gasteiger partial charge in [-0.1, -0.05) is 26.7 Å². The third-order valence-corrected chi connectivity index (χ3v) is 4.56. The highest BCUT2D eigenvalue weighted by molar-refractivity contribution is 5.70. The van der Waals surface area contributed by atoms with Gasteiger partial charge in [0.15, 0.2) is 0 Å². The number of carbonyl (C=O) groups excluding carboxylic acids is 1. The summed E-state index contributed by atoms with van der Waals surface area (Å²) in [6.07, 6.45) is 5.17. The summed E-state index contributed by atoms with van der Waals surface area (Å²) < 4.78 is 4.86. The fraction of sp³-hybridized carbons (Fsp3) is 0.929. The van der Waals surface area contributed by atoms with E-state index in [1.54, 1.807) is 0 Å². The number of esters is 1. The van der Waals surface area contributed by atoms with Crippen molar-refractivity contribution in [1.82, 2.24) is 0 Å². The minimum Gasteiger partial charge on any atom is -0.469 e. The zero-order chi connectivity index (χ0) is 13.1. The normalized spacial score (nSPS) is 31.3. The molecule has 17 heavy (non-hydrogen) atoms. The van der Waals surface area contributed by atoms with Crippen molar-refractivity contribution in [3.63, 3.8) is 0 Å². The lowest BCUT2D eigenvalue weighted by Gasteiger charge is -2.48. The lowest BCUT2D eigenvalue weighted by atomic mass is 9.58. The van der Waals surface area contributed by atoms with Crippen LogP contribution in [0, 0.1) is 17.3 Å². The highest BCUT2D eigenvalue weighted by Gasteiger charge is 2.46. The van der Waals surface area contributed by atoms with Crippen LogP contribution in [0.2, 0.25) is 0 Å². The summed E-state index contributed by atoms with van der Waals surface area (Å²) in [4.78, 5) is 11.7. The molecule has 0 amide bonds. The molecule has 0 heterocycles. The highest BCUT2D eigenvalue weighted by atomic mass is 16.5. The van der Waals surface area contributed by atoms with Crippen LogP contribution in [0.15, 0.2) is 0 Å². The molecule has 3 atom stereocenters. The zero-order valence-corrected chi connectivity index (χ0v) is 11.7. The Hall–Kier alpha value is -0.570. The van der Waals surface area contributed by atoms with Gasteiger partial charge in [-0.15, -0.1) is 0 Å². The van der Waals surface area contributed by atoms with E-state index in [-0.39, 0.29) is 17.4 Å². The van der Waals surface area contributed by atoms with Crippen molar-refractivity contribution in [2.24, 2.45) is 23.0 Å². The number of hydrogen-bond acceptors (Lipinski definition) is 3. The molecule has 0 aliphatic heterocycles. The molecule has 1 aliphatic carbocycles. The third-order valence-electron chi connectivity index (χ3n) is 4.56. The van der Waals surface area contributed by atoms with E-state index < -0.39 is 0 Å². The molecule has 3 nitrogen and oxygen atoms in total. The molecule has 2 N–H and O–H groups in total. The molecule has 0 spiro atoms. The molecule has 100 valence electrons. The molecule has 0 radical (unpaired) electrons. The summed E-state index contributed by atoms with van der Waals surface area (Å²) in [5, 5.41) is 0. The Morgan fingerprint density at radius 2 is 2.06 bits per heavy atom. The second kappa shape index (κ2) is 5.85. The van der Waals surface area contributed by atoms with E-state index >= 15 is 0 Å². The number of ether oxygens (including phenoxy) is 1. The molecule has 0 bridgehead atoms. The smallest absolute Gasteiger partial charge is 0.306 e. The van der Waals surface area contributed by atoms with Gasteiger partial charge in [-0.25, -0.2) is 0 Å². The number of rotatable bonds is 4. The van der Waals surface area contributed by atoms with Crippen LogP contribution in [0.3, 0.4) is 0 Å². The van der Waals surface area contributed by atoms with Gasteiger partial charge in [0.05, 0.1) is 13.5 Å². The standard InChI is InChI=1S/C14H27NO2/c1-10(2)12-7-5-6-8-14(12,11(3)15)9-13(16)17-4/h10-12H,5-9,15H2,1-4H3. The van der Waals surface area contributed by atoms with Gasteiger partial charge in [0, 0.05) is 6.04 Å². The van der Waals surface area contributed by atoms with Crippen molar-refractivity contribution in [1.29, 1.82) is 0 Å². The molecule has 1 fully saturated rings. The maximum Gasteiger partial charge on any atom is 0.306 e. The third kappa shape index (κ3) is 3.01. The lowest BCUT2D eigenvalue weighted by Crippen LogP contribution is -2.50. The van der Waals surface area contributed by atoms with Crippen LogP contribution in [0.25, 0.3) is 0 Å². The summed E-state index contributed by atoms with van der Waals surface area (Å²) in [7, 11) is 1.46. The average molecular weight is 241 g/mol. The Balaban J connectivity index is 2.96. The second-order valence-corrected chi connectivity index (χ2v) is 5.87. The van der Waals surface area contributed by atoms with E-state index in [1.807, 2.05) is 6.92 Å². The van der Waals surface area contributed by atoms with Crippen LogP contribution in [0.5, 0.6) is 0 Å². The molecule has 0 aromatic heterocycles. The Bertz CT molecular complexity index is 263. The molecule has 0 aromatic carbocycles. The number of methoxy groups -OCH3 is 1. The SMILES string of the molecule is COC(=O)CC1(C(C)N)CCCCC1C(C)C. The molecule has 0 aromatic rings. The van der Waals surface area contributed by atoms with Gasteiger partial charge in [0.25, 0.3) is 0 Å². The van der Waals surface area contributed by atoms with Crippen LogP contribution >= 0.6 is 0 Å². The molecule has 3 unspecified atom stereocenters. The Morgan fingerprint density at radius 3 is 2.53 bits per heavy atom. The monoisotopic (exact) mass is 241 g/mol. The Kier molecular flexibility index (Phi) is 4.99. The summed E-state index contributed by atoms with van der Waals surface area (Å²) in [5.41, 5.74) is 6.17. The average Bonchev–Trinajstić information content (AvgIpc) is 2.28. The molecule has 1 rings (SSSR count). The molecule has 1 saturated carbocycles. The van der Waals surface area contributed by atoms with Crippen molar-refractivity contribution >= 4 is 5.97 Å². The van der Waals surface area contributed by atoms with Crippen molar-refractivity contribution in [2.45, 2.75) is 58.9 Å². The van der Waals surface area contributed by atoms with E-state index in [9.17, 15) is 4.79 Å². The van der Waals surface area contributed by atoms with Gasteiger partial charge in [0.2, 0.25) is 0 Å². The first-order valence-corrected chi connectivity index (χ1v) is 6.76. The van der Waals surface area contributed by atoms with Crippen molar-refractivity contribution < 1.29 is 9.53 Å². The predicted octanol–water partition coefficient (Wildman–Crippen LogP) is 2.73. The van der Waals surface area contributed by atoms with Gasteiger partial charge in [-0.05, 0) is 37.0 Å². The summed E-state index contributed by atoms with van der Waals surface area (Å²) in [5.74, 6) is 0.996. The van der Waals surface area contributed by atoms with E-state index in [0.29, 0.717) is 18.3 Å². The van der Waals surface area contributed by atoms with E-state index in [0.717, 1.165) is 6.42 Å². The maximum absolute atomic E-state index is 11.7. The van der Waals surface area contributed by atoms with Gasteiger partial charge in [-0.2, -0.15) is 0 Å². The fourth-order valence-electron chi connectivity index (χ4n) is 3.58.